The topological polar surface area (TPSA) is 29.5 Å². The van der Waals surface area contributed by atoms with E-state index >= 15 is 0 Å². The van der Waals surface area contributed by atoms with Gasteiger partial charge in [0.15, 0.2) is 0 Å². The Balaban J connectivity index is 1.58. The molecule has 24 heavy (non-hydrogen) atoms. The minimum atomic E-state index is 0.318. The fourth-order valence-corrected chi connectivity index (χ4v) is 3.69. The van der Waals surface area contributed by atoms with Gasteiger partial charge in [-0.1, -0.05) is 60.7 Å². The molecule has 0 radical (unpaired) electrons. The summed E-state index contributed by atoms with van der Waals surface area (Å²) < 4.78 is 5.79. The third-order valence-corrected chi connectivity index (χ3v) is 4.97. The lowest BCUT2D eigenvalue weighted by molar-refractivity contribution is -0.0402. The molecule has 2 heterocycles. The molecule has 4 rings (SSSR count). The molecule has 2 atom stereocenters. The summed E-state index contributed by atoms with van der Waals surface area (Å²) in [5, 5.41) is 0. The van der Waals surface area contributed by atoms with Crippen LogP contribution >= 0.6 is 0 Å². The SMILES string of the molecule is O=Cc1ccc(C2=CC3COCC(C2)N3Cc2ccccc2)cc1. The molecule has 2 aromatic carbocycles. The maximum Gasteiger partial charge on any atom is 0.150 e. The average molecular weight is 319 g/mol. The monoisotopic (exact) mass is 319 g/mol. The molecule has 0 spiro atoms. The van der Waals surface area contributed by atoms with Crippen LogP contribution in [0.25, 0.3) is 5.57 Å². The number of carbonyl (C=O) groups is 1. The van der Waals surface area contributed by atoms with Gasteiger partial charge in [-0.25, -0.2) is 0 Å². The Kier molecular flexibility index (Phi) is 4.28. The summed E-state index contributed by atoms with van der Waals surface area (Å²) in [5.41, 5.74) is 4.66. The van der Waals surface area contributed by atoms with Crippen molar-refractivity contribution < 1.29 is 9.53 Å². The lowest BCUT2D eigenvalue weighted by atomic mass is 9.89. The van der Waals surface area contributed by atoms with Crippen molar-refractivity contribution in [3.63, 3.8) is 0 Å². The van der Waals surface area contributed by atoms with Gasteiger partial charge < -0.3 is 4.74 Å². The smallest absolute Gasteiger partial charge is 0.150 e. The highest BCUT2D eigenvalue weighted by Crippen LogP contribution is 2.33. The van der Waals surface area contributed by atoms with Crippen LogP contribution in [0.4, 0.5) is 0 Å². The minimum Gasteiger partial charge on any atom is -0.378 e. The Bertz CT molecular complexity index is 736. The summed E-state index contributed by atoms with van der Waals surface area (Å²) in [4.78, 5) is 13.4. The predicted octanol–water partition coefficient (Wildman–Crippen LogP) is 3.56. The van der Waals surface area contributed by atoms with Gasteiger partial charge in [-0.05, 0) is 23.1 Å². The van der Waals surface area contributed by atoms with Gasteiger partial charge in [0.2, 0.25) is 0 Å². The first-order valence-corrected chi connectivity index (χ1v) is 8.47. The molecule has 2 aliphatic rings. The molecule has 0 aliphatic carbocycles. The minimum absolute atomic E-state index is 0.318. The number of nitrogens with zero attached hydrogens (tertiary/aromatic N) is 1. The van der Waals surface area contributed by atoms with Crippen LogP contribution in [0.5, 0.6) is 0 Å². The zero-order valence-corrected chi connectivity index (χ0v) is 13.6. The number of benzene rings is 2. The van der Waals surface area contributed by atoms with Gasteiger partial charge in [0.25, 0.3) is 0 Å². The summed E-state index contributed by atoms with van der Waals surface area (Å²) >= 11 is 0. The number of hydrogen-bond donors (Lipinski definition) is 0. The lowest BCUT2D eigenvalue weighted by Gasteiger charge is -2.44. The number of fused-ring (bicyclic) bond motifs is 2. The molecule has 0 aromatic heterocycles. The maximum absolute atomic E-state index is 10.8. The fourth-order valence-electron chi connectivity index (χ4n) is 3.69. The van der Waals surface area contributed by atoms with E-state index in [-0.39, 0.29) is 0 Å². The molecule has 0 saturated carbocycles. The number of ether oxygens (including phenoxy) is 1. The zero-order valence-electron chi connectivity index (χ0n) is 13.6. The number of carbonyl (C=O) groups excluding carboxylic acids is 1. The molecule has 0 amide bonds. The van der Waals surface area contributed by atoms with Crippen molar-refractivity contribution in [2.45, 2.75) is 25.0 Å². The number of aldehydes is 1. The Morgan fingerprint density at radius 3 is 2.54 bits per heavy atom. The standard InChI is InChI=1S/C21H21NO2/c23-13-17-6-8-18(9-7-17)19-10-20-14-24-15-21(11-19)22(20)12-16-4-2-1-3-5-16/h1-10,13,20-21H,11-12,14-15H2. The van der Waals surface area contributed by atoms with E-state index < -0.39 is 0 Å². The van der Waals surface area contributed by atoms with E-state index in [1.165, 1.54) is 16.7 Å². The Morgan fingerprint density at radius 1 is 1.04 bits per heavy atom. The van der Waals surface area contributed by atoms with Gasteiger partial charge in [-0.2, -0.15) is 0 Å². The highest BCUT2D eigenvalue weighted by molar-refractivity contribution is 5.77. The molecule has 2 bridgehead atoms. The maximum atomic E-state index is 10.8. The molecule has 2 aliphatic heterocycles. The lowest BCUT2D eigenvalue weighted by Crippen LogP contribution is -2.53. The summed E-state index contributed by atoms with van der Waals surface area (Å²) in [6.07, 6.45) is 4.22. The molecule has 1 fully saturated rings. The molecule has 3 heteroatoms. The first-order chi connectivity index (χ1) is 11.8. The summed E-state index contributed by atoms with van der Waals surface area (Å²) in [6.45, 7) is 2.50. The van der Waals surface area contributed by atoms with Crippen LogP contribution in [-0.4, -0.2) is 36.5 Å². The summed E-state index contributed by atoms with van der Waals surface area (Å²) in [6, 6.07) is 19.3. The van der Waals surface area contributed by atoms with Crippen LogP contribution in [0.3, 0.4) is 0 Å². The number of hydrogen-bond acceptors (Lipinski definition) is 3. The van der Waals surface area contributed by atoms with E-state index in [2.05, 4.69) is 53.4 Å². The second-order valence-corrected chi connectivity index (χ2v) is 6.55. The average Bonchev–Trinajstić information content (AvgIpc) is 2.62. The molecule has 1 saturated heterocycles. The zero-order chi connectivity index (χ0) is 16.4. The van der Waals surface area contributed by atoms with Crippen LogP contribution in [0.15, 0.2) is 60.7 Å². The van der Waals surface area contributed by atoms with E-state index in [0.717, 1.165) is 38.0 Å². The largest absolute Gasteiger partial charge is 0.378 e. The second-order valence-electron chi connectivity index (χ2n) is 6.55. The molecular formula is C21H21NO2. The van der Waals surface area contributed by atoms with Crippen molar-refractivity contribution in [1.82, 2.24) is 4.90 Å². The van der Waals surface area contributed by atoms with Crippen molar-refractivity contribution in [2.75, 3.05) is 13.2 Å². The predicted molar refractivity (Wildman–Crippen MR) is 94.8 cm³/mol. The Labute approximate surface area is 142 Å². The normalized spacial score (nSPS) is 23.6. The quantitative estimate of drug-likeness (QED) is 0.807. The molecule has 122 valence electrons. The second kappa shape index (κ2) is 6.71. The first kappa shape index (κ1) is 15.3. The Morgan fingerprint density at radius 2 is 1.83 bits per heavy atom. The van der Waals surface area contributed by atoms with Crippen LogP contribution in [0.2, 0.25) is 0 Å². The van der Waals surface area contributed by atoms with Crippen molar-refractivity contribution in [3.05, 3.63) is 77.4 Å². The van der Waals surface area contributed by atoms with E-state index in [9.17, 15) is 4.79 Å². The van der Waals surface area contributed by atoms with Crippen LogP contribution in [0, 0.1) is 0 Å². The highest BCUT2D eigenvalue weighted by atomic mass is 16.5. The van der Waals surface area contributed by atoms with Gasteiger partial charge in [0.1, 0.15) is 6.29 Å². The number of morpholine rings is 1. The summed E-state index contributed by atoms with van der Waals surface area (Å²) in [5.74, 6) is 0. The van der Waals surface area contributed by atoms with E-state index in [1.807, 2.05) is 12.1 Å². The van der Waals surface area contributed by atoms with Crippen molar-refractivity contribution in [3.8, 4) is 0 Å². The molecule has 2 unspecified atom stereocenters. The van der Waals surface area contributed by atoms with E-state index in [0.29, 0.717) is 12.1 Å². The third-order valence-electron chi connectivity index (χ3n) is 4.97. The van der Waals surface area contributed by atoms with Crippen molar-refractivity contribution in [1.29, 1.82) is 0 Å². The fraction of sp³-hybridized carbons (Fsp3) is 0.286. The number of rotatable bonds is 4. The third kappa shape index (κ3) is 3.05. The summed E-state index contributed by atoms with van der Waals surface area (Å²) in [7, 11) is 0. The van der Waals surface area contributed by atoms with Gasteiger partial charge >= 0.3 is 0 Å². The van der Waals surface area contributed by atoms with Crippen molar-refractivity contribution >= 4 is 11.9 Å². The van der Waals surface area contributed by atoms with Gasteiger partial charge in [-0.3, -0.25) is 9.69 Å². The van der Waals surface area contributed by atoms with Gasteiger partial charge in [0, 0.05) is 18.2 Å². The Hall–Kier alpha value is -2.23. The van der Waals surface area contributed by atoms with E-state index in [4.69, 9.17) is 4.74 Å². The van der Waals surface area contributed by atoms with Crippen LogP contribution in [-0.2, 0) is 11.3 Å². The van der Waals surface area contributed by atoms with Gasteiger partial charge in [0.05, 0.1) is 19.3 Å². The first-order valence-electron chi connectivity index (χ1n) is 8.47. The van der Waals surface area contributed by atoms with Crippen LogP contribution in [0.1, 0.15) is 27.9 Å². The van der Waals surface area contributed by atoms with Crippen LogP contribution < -0.4 is 0 Å². The van der Waals surface area contributed by atoms with Gasteiger partial charge in [-0.15, -0.1) is 0 Å². The highest BCUT2D eigenvalue weighted by Gasteiger charge is 2.34. The van der Waals surface area contributed by atoms with E-state index in [1.54, 1.807) is 0 Å². The molecule has 2 aromatic rings. The molecule has 0 N–H and O–H groups in total. The molecular weight excluding hydrogens is 298 g/mol. The van der Waals surface area contributed by atoms with Crippen molar-refractivity contribution in [2.24, 2.45) is 0 Å². The molecule has 3 nitrogen and oxygen atoms in total.